The second-order valence-corrected chi connectivity index (χ2v) is 5.82. The minimum atomic E-state index is 0.926. The number of fused-ring (bicyclic) bond motifs is 2. The van der Waals surface area contributed by atoms with Crippen molar-refractivity contribution in [3.63, 3.8) is 0 Å². The largest absolute Gasteiger partial charge is 0.252 e. The second-order valence-electron chi connectivity index (χ2n) is 5.82. The summed E-state index contributed by atoms with van der Waals surface area (Å²) in [5, 5.41) is 2.39. The van der Waals surface area contributed by atoms with Gasteiger partial charge in [-0.05, 0) is 48.9 Å². The number of benzene rings is 3. The van der Waals surface area contributed by atoms with E-state index < -0.39 is 0 Å². The summed E-state index contributed by atoms with van der Waals surface area (Å²) < 4.78 is 0. The molecule has 0 bridgehead atoms. The van der Waals surface area contributed by atoms with Crippen LogP contribution in [-0.2, 0) is 0 Å². The maximum absolute atomic E-state index is 4.82. The molecule has 0 aliphatic carbocycles. The van der Waals surface area contributed by atoms with Crippen LogP contribution in [0.5, 0.6) is 0 Å². The summed E-state index contributed by atoms with van der Waals surface area (Å²) in [6.45, 7) is 4.22. The van der Waals surface area contributed by atoms with Crippen molar-refractivity contribution in [1.29, 1.82) is 0 Å². The van der Waals surface area contributed by atoms with E-state index >= 15 is 0 Å². The second kappa shape index (κ2) is 4.92. The molecule has 1 aromatic heterocycles. The van der Waals surface area contributed by atoms with Gasteiger partial charge in [0, 0.05) is 5.56 Å². The van der Waals surface area contributed by atoms with Crippen molar-refractivity contribution >= 4 is 21.8 Å². The van der Waals surface area contributed by atoms with E-state index in [0.717, 1.165) is 22.3 Å². The molecular formula is C20H16N2. The molecule has 0 N–H and O–H groups in total. The maximum Gasteiger partial charge on any atom is 0.0900 e. The van der Waals surface area contributed by atoms with Gasteiger partial charge in [-0.15, -0.1) is 0 Å². The Morgan fingerprint density at radius 2 is 1.36 bits per heavy atom. The van der Waals surface area contributed by atoms with E-state index in [0.29, 0.717) is 0 Å². The molecule has 106 valence electrons. The fourth-order valence-corrected chi connectivity index (χ4v) is 2.96. The molecule has 0 aliphatic heterocycles. The monoisotopic (exact) mass is 284 g/mol. The third-order valence-corrected chi connectivity index (χ3v) is 3.93. The van der Waals surface area contributed by atoms with Crippen molar-refractivity contribution in [2.45, 2.75) is 13.8 Å². The van der Waals surface area contributed by atoms with Gasteiger partial charge in [-0.25, -0.2) is 4.98 Å². The number of hydrogen-bond donors (Lipinski definition) is 0. The van der Waals surface area contributed by atoms with Crippen molar-refractivity contribution in [3.8, 4) is 11.3 Å². The van der Waals surface area contributed by atoms with Crippen LogP contribution < -0.4 is 0 Å². The van der Waals surface area contributed by atoms with Gasteiger partial charge in [0.15, 0.2) is 0 Å². The number of nitrogens with zero attached hydrogens (tertiary/aromatic N) is 2. The van der Waals surface area contributed by atoms with Gasteiger partial charge < -0.3 is 0 Å². The van der Waals surface area contributed by atoms with E-state index in [2.05, 4.69) is 67.4 Å². The van der Waals surface area contributed by atoms with Crippen molar-refractivity contribution in [2.24, 2.45) is 0 Å². The smallest absolute Gasteiger partial charge is 0.0900 e. The third kappa shape index (κ3) is 2.23. The first-order chi connectivity index (χ1) is 10.7. The zero-order valence-electron chi connectivity index (χ0n) is 12.7. The molecule has 0 spiro atoms. The van der Waals surface area contributed by atoms with E-state index in [4.69, 9.17) is 4.98 Å². The molecule has 2 heteroatoms. The fourth-order valence-electron chi connectivity index (χ4n) is 2.96. The lowest BCUT2D eigenvalue weighted by Crippen LogP contribution is -1.90. The Morgan fingerprint density at radius 3 is 2.05 bits per heavy atom. The Kier molecular flexibility index (Phi) is 2.90. The van der Waals surface area contributed by atoms with Gasteiger partial charge in [0.25, 0.3) is 0 Å². The number of aryl methyl sites for hydroxylation is 2. The Labute approximate surface area is 129 Å². The highest BCUT2D eigenvalue weighted by molar-refractivity contribution is 5.95. The van der Waals surface area contributed by atoms with E-state index in [1.165, 1.54) is 21.9 Å². The summed E-state index contributed by atoms with van der Waals surface area (Å²) in [6.07, 6.45) is 1.87. The lowest BCUT2D eigenvalue weighted by molar-refractivity contribution is 1.28. The minimum Gasteiger partial charge on any atom is -0.252 e. The summed E-state index contributed by atoms with van der Waals surface area (Å²) in [5.74, 6) is 0. The molecule has 0 saturated heterocycles. The first kappa shape index (κ1) is 13.0. The van der Waals surface area contributed by atoms with Crippen molar-refractivity contribution in [2.75, 3.05) is 0 Å². The summed E-state index contributed by atoms with van der Waals surface area (Å²) in [4.78, 5) is 9.42. The van der Waals surface area contributed by atoms with Gasteiger partial charge >= 0.3 is 0 Å². The van der Waals surface area contributed by atoms with Gasteiger partial charge in [-0.1, -0.05) is 41.5 Å². The molecule has 0 amide bonds. The Bertz CT molecular complexity index is 983. The molecule has 22 heavy (non-hydrogen) atoms. The molecule has 4 aromatic rings. The topological polar surface area (TPSA) is 25.8 Å². The maximum atomic E-state index is 4.82. The Morgan fingerprint density at radius 1 is 0.727 bits per heavy atom. The summed E-state index contributed by atoms with van der Waals surface area (Å²) in [5.41, 5.74) is 6.42. The molecular weight excluding hydrogens is 268 g/mol. The predicted octanol–water partition coefficient (Wildman–Crippen LogP) is 5.07. The first-order valence-corrected chi connectivity index (χ1v) is 7.43. The van der Waals surface area contributed by atoms with E-state index in [1.807, 2.05) is 12.3 Å². The molecule has 3 aromatic carbocycles. The minimum absolute atomic E-state index is 0.926. The lowest BCUT2D eigenvalue weighted by Gasteiger charge is -2.06. The SMILES string of the molecule is Cc1cc(C)cc(-c2cnc3cc4ccccc4cc3n2)c1. The molecule has 2 nitrogen and oxygen atoms in total. The van der Waals surface area contributed by atoms with Crippen LogP contribution in [0, 0.1) is 13.8 Å². The molecule has 1 heterocycles. The Balaban J connectivity index is 1.94. The van der Waals surface area contributed by atoms with Crippen LogP contribution in [0.1, 0.15) is 11.1 Å². The Hall–Kier alpha value is -2.74. The van der Waals surface area contributed by atoms with E-state index in [1.54, 1.807) is 0 Å². The van der Waals surface area contributed by atoms with Crippen LogP contribution >= 0.6 is 0 Å². The van der Waals surface area contributed by atoms with Crippen LogP contribution in [0.15, 0.2) is 60.8 Å². The molecule has 0 fully saturated rings. The number of aromatic nitrogens is 2. The zero-order chi connectivity index (χ0) is 15.1. The van der Waals surface area contributed by atoms with Crippen LogP contribution in [0.4, 0.5) is 0 Å². The summed E-state index contributed by atoms with van der Waals surface area (Å²) in [6, 6.07) is 19.0. The zero-order valence-corrected chi connectivity index (χ0v) is 12.7. The molecule has 0 atom stereocenters. The highest BCUT2D eigenvalue weighted by atomic mass is 14.8. The van der Waals surface area contributed by atoms with E-state index in [-0.39, 0.29) is 0 Å². The van der Waals surface area contributed by atoms with Gasteiger partial charge in [-0.3, -0.25) is 4.98 Å². The van der Waals surface area contributed by atoms with Crippen LogP contribution in [0.25, 0.3) is 33.1 Å². The van der Waals surface area contributed by atoms with Crippen molar-refractivity contribution < 1.29 is 0 Å². The lowest BCUT2D eigenvalue weighted by atomic mass is 10.0. The first-order valence-electron chi connectivity index (χ1n) is 7.43. The predicted molar refractivity (Wildman–Crippen MR) is 92.0 cm³/mol. The molecule has 0 saturated carbocycles. The molecule has 0 aliphatic rings. The number of rotatable bonds is 1. The highest BCUT2D eigenvalue weighted by Crippen LogP contribution is 2.24. The van der Waals surface area contributed by atoms with Gasteiger partial charge in [0.2, 0.25) is 0 Å². The molecule has 0 radical (unpaired) electrons. The van der Waals surface area contributed by atoms with E-state index in [9.17, 15) is 0 Å². The van der Waals surface area contributed by atoms with Gasteiger partial charge in [-0.2, -0.15) is 0 Å². The van der Waals surface area contributed by atoms with Gasteiger partial charge in [0.05, 0.1) is 22.9 Å². The van der Waals surface area contributed by atoms with Crippen LogP contribution in [0.3, 0.4) is 0 Å². The van der Waals surface area contributed by atoms with Crippen LogP contribution in [-0.4, -0.2) is 9.97 Å². The average Bonchev–Trinajstić information content (AvgIpc) is 2.51. The van der Waals surface area contributed by atoms with Crippen molar-refractivity contribution in [3.05, 3.63) is 71.9 Å². The normalized spacial score (nSPS) is 11.2. The van der Waals surface area contributed by atoms with Gasteiger partial charge in [0.1, 0.15) is 0 Å². The quantitative estimate of drug-likeness (QED) is 0.456. The third-order valence-electron chi connectivity index (χ3n) is 3.93. The standard InChI is InChI=1S/C20H16N2/c1-13-7-14(2)9-17(8-13)20-12-21-18-10-15-5-3-4-6-16(15)11-19(18)22-20/h3-12H,1-2H3. The molecule has 4 rings (SSSR count). The van der Waals surface area contributed by atoms with Crippen LogP contribution in [0.2, 0.25) is 0 Å². The number of hydrogen-bond acceptors (Lipinski definition) is 2. The van der Waals surface area contributed by atoms with Crippen molar-refractivity contribution in [1.82, 2.24) is 9.97 Å². The highest BCUT2D eigenvalue weighted by Gasteiger charge is 2.05. The average molecular weight is 284 g/mol. The fraction of sp³-hybridized carbons (Fsp3) is 0.100. The summed E-state index contributed by atoms with van der Waals surface area (Å²) >= 11 is 0. The molecule has 0 unspecified atom stereocenters. The summed E-state index contributed by atoms with van der Waals surface area (Å²) in [7, 11) is 0.